The average Bonchev–Trinajstić information content (AvgIpc) is 2.76. The SMILES string of the molecule is N#C/C(=C/C=C/c1ccccc1)C(=NC12CC3CC(CC(C3)C1)C2)c1ccccc1. The van der Waals surface area contributed by atoms with E-state index in [1.54, 1.807) is 0 Å². The van der Waals surface area contributed by atoms with Gasteiger partial charge in [-0.2, -0.15) is 5.26 Å². The quantitative estimate of drug-likeness (QED) is 0.320. The van der Waals surface area contributed by atoms with Gasteiger partial charge in [0.1, 0.15) is 6.07 Å². The molecule has 2 aromatic rings. The van der Waals surface area contributed by atoms with Crippen molar-refractivity contribution in [1.29, 1.82) is 5.26 Å². The van der Waals surface area contributed by atoms with Crippen molar-refractivity contribution in [2.75, 3.05) is 0 Å². The van der Waals surface area contributed by atoms with Crippen molar-refractivity contribution < 1.29 is 0 Å². The van der Waals surface area contributed by atoms with Crippen molar-refractivity contribution in [1.82, 2.24) is 0 Å². The number of nitrogens with zero attached hydrogens (tertiary/aromatic N) is 2. The highest BCUT2D eigenvalue weighted by molar-refractivity contribution is 6.15. The Balaban J connectivity index is 1.52. The minimum atomic E-state index is 0.0407. The third kappa shape index (κ3) is 3.90. The zero-order valence-electron chi connectivity index (χ0n) is 17.4. The fraction of sp³-hybridized carbons (Fsp3) is 0.357. The maximum absolute atomic E-state index is 10.0. The summed E-state index contributed by atoms with van der Waals surface area (Å²) in [6.45, 7) is 0. The van der Waals surface area contributed by atoms with Crippen LogP contribution in [0.1, 0.15) is 49.7 Å². The molecule has 0 heterocycles. The third-order valence-electron chi connectivity index (χ3n) is 7.13. The molecular formula is C28H28N2. The van der Waals surface area contributed by atoms with Crippen LogP contribution in [0.25, 0.3) is 6.08 Å². The maximum atomic E-state index is 10.0. The van der Waals surface area contributed by atoms with Gasteiger partial charge in [0.15, 0.2) is 0 Å². The average molecular weight is 393 g/mol. The summed E-state index contributed by atoms with van der Waals surface area (Å²) in [7, 11) is 0. The zero-order valence-corrected chi connectivity index (χ0v) is 17.4. The van der Waals surface area contributed by atoms with Gasteiger partial charge in [-0.3, -0.25) is 4.99 Å². The molecule has 30 heavy (non-hydrogen) atoms. The fourth-order valence-electron chi connectivity index (χ4n) is 6.30. The molecule has 0 aliphatic heterocycles. The summed E-state index contributed by atoms with van der Waals surface area (Å²) in [6.07, 6.45) is 13.8. The fourth-order valence-corrected chi connectivity index (χ4v) is 6.30. The number of allylic oxidation sites excluding steroid dienone is 3. The van der Waals surface area contributed by atoms with Crippen molar-refractivity contribution in [3.63, 3.8) is 0 Å². The van der Waals surface area contributed by atoms with Gasteiger partial charge in [0.25, 0.3) is 0 Å². The minimum absolute atomic E-state index is 0.0407. The first-order chi connectivity index (χ1) is 14.7. The van der Waals surface area contributed by atoms with E-state index >= 15 is 0 Å². The van der Waals surface area contributed by atoms with Gasteiger partial charge in [0.05, 0.1) is 16.8 Å². The molecule has 0 N–H and O–H groups in total. The number of hydrogen-bond acceptors (Lipinski definition) is 2. The molecule has 2 heteroatoms. The van der Waals surface area contributed by atoms with Gasteiger partial charge in [-0.05, 0) is 67.9 Å². The predicted octanol–water partition coefficient (Wildman–Crippen LogP) is 6.61. The van der Waals surface area contributed by atoms with Gasteiger partial charge in [-0.25, -0.2) is 0 Å². The molecule has 4 aliphatic rings. The van der Waals surface area contributed by atoms with Crippen molar-refractivity contribution in [2.45, 2.75) is 44.1 Å². The Labute approximate surface area is 179 Å². The van der Waals surface area contributed by atoms with Crippen LogP contribution in [0.4, 0.5) is 0 Å². The van der Waals surface area contributed by atoms with Crippen molar-refractivity contribution >= 4 is 11.8 Å². The summed E-state index contributed by atoms with van der Waals surface area (Å²) in [4.78, 5) is 5.43. The monoisotopic (exact) mass is 392 g/mol. The Morgan fingerprint density at radius 3 is 2.00 bits per heavy atom. The second-order valence-electron chi connectivity index (χ2n) is 9.43. The molecule has 4 aliphatic carbocycles. The summed E-state index contributed by atoms with van der Waals surface area (Å²) in [5.41, 5.74) is 3.75. The molecule has 4 saturated carbocycles. The summed E-state index contributed by atoms with van der Waals surface area (Å²) < 4.78 is 0. The second kappa shape index (κ2) is 8.07. The van der Waals surface area contributed by atoms with E-state index < -0.39 is 0 Å². The molecule has 2 nitrogen and oxygen atoms in total. The van der Waals surface area contributed by atoms with Gasteiger partial charge in [0.2, 0.25) is 0 Å². The minimum Gasteiger partial charge on any atom is -0.277 e. The lowest BCUT2D eigenvalue weighted by Gasteiger charge is -2.55. The summed E-state index contributed by atoms with van der Waals surface area (Å²) in [5, 5.41) is 10.0. The lowest BCUT2D eigenvalue weighted by atomic mass is 9.53. The molecule has 0 atom stereocenters. The van der Waals surface area contributed by atoms with E-state index in [4.69, 9.17) is 4.99 Å². The Morgan fingerprint density at radius 2 is 1.43 bits per heavy atom. The first kappa shape index (κ1) is 19.1. The summed E-state index contributed by atoms with van der Waals surface area (Å²) >= 11 is 0. The normalized spacial score (nSPS) is 30.6. The third-order valence-corrected chi connectivity index (χ3v) is 7.13. The van der Waals surface area contributed by atoms with Crippen molar-refractivity contribution in [2.24, 2.45) is 22.7 Å². The highest BCUT2D eigenvalue weighted by Gasteiger charge is 2.51. The smallest absolute Gasteiger partial charge is 0.101 e. The van der Waals surface area contributed by atoms with Gasteiger partial charge in [-0.1, -0.05) is 72.8 Å². The molecule has 0 saturated heterocycles. The van der Waals surface area contributed by atoms with E-state index in [0.29, 0.717) is 5.57 Å². The van der Waals surface area contributed by atoms with Crippen molar-refractivity contribution in [3.05, 3.63) is 89.5 Å². The van der Waals surface area contributed by atoms with E-state index in [-0.39, 0.29) is 5.54 Å². The van der Waals surface area contributed by atoms with Gasteiger partial charge in [0, 0.05) is 5.56 Å². The van der Waals surface area contributed by atoms with Crippen LogP contribution in [-0.2, 0) is 0 Å². The molecule has 0 unspecified atom stereocenters. The van der Waals surface area contributed by atoms with E-state index in [0.717, 1.165) is 34.6 Å². The van der Waals surface area contributed by atoms with Crippen LogP contribution in [0, 0.1) is 29.1 Å². The summed E-state index contributed by atoms with van der Waals surface area (Å²) in [5.74, 6) is 2.51. The second-order valence-corrected chi connectivity index (χ2v) is 9.43. The van der Waals surface area contributed by atoms with Crippen molar-refractivity contribution in [3.8, 4) is 6.07 Å². The van der Waals surface area contributed by atoms with Crippen LogP contribution in [0.3, 0.4) is 0 Å². The molecule has 6 rings (SSSR count). The lowest BCUT2D eigenvalue weighted by Crippen LogP contribution is -2.49. The number of hydrogen-bond donors (Lipinski definition) is 0. The Morgan fingerprint density at radius 1 is 0.867 bits per heavy atom. The van der Waals surface area contributed by atoms with Crippen LogP contribution >= 0.6 is 0 Å². The predicted molar refractivity (Wildman–Crippen MR) is 123 cm³/mol. The Bertz CT molecular complexity index is 986. The molecule has 0 radical (unpaired) electrons. The molecule has 2 aromatic carbocycles. The molecule has 4 fully saturated rings. The molecule has 150 valence electrons. The van der Waals surface area contributed by atoms with Crippen LogP contribution in [0.15, 0.2) is 83.4 Å². The van der Waals surface area contributed by atoms with Gasteiger partial charge in [-0.15, -0.1) is 0 Å². The maximum Gasteiger partial charge on any atom is 0.101 e. The molecule has 0 amide bonds. The van der Waals surface area contributed by atoms with E-state index in [2.05, 4.69) is 30.3 Å². The van der Waals surface area contributed by atoms with Crippen LogP contribution in [0.2, 0.25) is 0 Å². The highest BCUT2D eigenvalue weighted by atomic mass is 14.9. The first-order valence-corrected chi connectivity index (χ1v) is 11.2. The molecule has 0 spiro atoms. The Hall–Kier alpha value is -2.92. The zero-order chi connectivity index (χ0) is 20.4. The van der Waals surface area contributed by atoms with Gasteiger partial charge >= 0.3 is 0 Å². The van der Waals surface area contributed by atoms with E-state index in [1.807, 2.05) is 54.6 Å². The topological polar surface area (TPSA) is 36.1 Å². The number of benzene rings is 2. The number of aliphatic imine (C=N–C) groups is 1. The van der Waals surface area contributed by atoms with E-state index in [9.17, 15) is 5.26 Å². The van der Waals surface area contributed by atoms with E-state index in [1.165, 1.54) is 38.5 Å². The van der Waals surface area contributed by atoms with Crippen LogP contribution in [-0.4, -0.2) is 11.3 Å². The lowest BCUT2D eigenvalue weighted by molar-refractivity contribution is 0.00174. The molecule has 4 bridgehead atoms. The molecule has 0 aromatic heterocycles. The van der Waals surface area contributed by atoms with Gasteiger partial charge < -0.3 is 0 Å². The number of rotatable bonds is 5. The highest BCUT2D eigenvalue weighted by Crippen LogP contribution is 2.57. The summed E-state index contributed by atoms with van der Waals surface area (Å²) in [6, 6.07) is 22.9. The first-order valence-electron chi connectivity index (χ1n) is 11.2. The molecular weight excluding hydrogens is 364 g/mol. The van der Waals surface area contributed by atoms with Crippen LogP contribution in [0.5, 0.6) is 0 Å². The Kier molecular flexibility index (Phi) is 5.13. The largest absolute Gasteiger partial charge is 0.277 e. The number of nitriles is 1. The standard InChI is InChI=1S/C28H28N2/c29-20-26(13-7-10-21-8-3-1-4-9-21)27(25-11-5-2-6-12-25)30-28-17-22-14-23(18-28)16-24(15-22)19-28/h1-13,22-24H,14-19H2/b10-7+,26-13-,30-27?. The van der Waals surface area contributed by atoms with Crippen LogP contribution < -0.4 is 0 Å².